The van der Waals surface area contributed by atoms with E-state index in [1.807, 2.05) is 4.90 Å². The summed E-state index contributed by atoms with van der Waals surface area (Å²) in [6.45, 7) is 7.51. The van der Waals surface area contributed by atoms with Crippen molar-refractivity contribution in [3.8, 4) is 0 Å². The number of piperazine rings is 1. The molecule has 1 saturated heterocycles. The molecule has 0 radical (unpaired) electrons. The number of aromatic nitrogens is 4. The maximum absolute atomic E-state index is 12.3. The highest BCUT2D eigenvalue weighted by molar-refractivity contribution is 7.22. The Kier molecular flexibility index (Phi) is 4.12. The lowest BCUT2D eigenvalue weighted by Crippen LogP contribution is -2.49. The van der Waals surface area contributed by atoms with Crippen molar-refractivity contribution in [2.75, 3.05) is 31.1 Å². The van der Waals surface area contributed by atoms with E-state index in [9.17, 15) is 4.79 Å². The van der Waals surface area contributed by atoms with E-state index in [-0.39, 0.29) is 12.5 Å². The largest absolute Gasteiger partial charge is 0.345 e. The smallest absolute Gasteiger partial charge is 0.244 e. The van der Waals surface area contributed by atoms with E-state index >= 15 is 0 Å². The van der Waals surface area contributed by atoms with E-state index in [1.165, 1.54) is 22.2 Å². The average Bonchev–Trinajstić information content (AvgIpc) is 3.24. The monoisotopic (exact) mass is 356 g/mol. The molecule has 0 atom stereocenters. The van der Waals surface area contributed by atoms with Crippen LogP contribution in [0.25, 0.3) is 10.2 Å². The van der Waals surface area contributed by atoms with E-state index in [1.54, 1.807) is 22.3 Å². The Balaban J connectivity index is 1.43. The first kappa shape index (κ1) is 16.0. The molecule has 0 spiro atoms. The van der Waals surface area contributed by atoms with Crippen molar-refractivity contribution in [1.29, 1.82) is 0 Å². The van der Waals surface area contributed by atoms with E-state index in [0.29, 0.717) is 13.1 Å². The lowest BCUT2D eigenvalue weighted by atomic mass is 10.1. The fourth-order valence-corrected chi connectivity index (χ4v) is 4.39. The number of nitrogens with zero attached hydrogens (tertiary/aromatic N) is 6. The minimum Gasteiger partial charge on any atom is -0.345 e. The molecule has 0 aliphatic carbocycles. The number of benzene rings is 1. The predicted molar refractivity (Wildman–Crippen MR) is 97.9 cm³/mol. The van der Waals surface area contributed by atoms with Gasteiger partial charge in [-0.15, -0.1) is 0 Å². The molecule has 1 aromatic carbocycles. The van der Waals surface area contributed by atoms with Crippen LogP contribution in [0, 0.1) is 13.8 Å². The molecule has 130 valence electrons. The summed E-state index contributed by atoms with van der Waals surface area (Å²) in [6.07, 6.45) is 3.02. The molecule has 1 aliphatic rings. The highest BCUT2D eigenvalue weighted by Gasteiger charge is 2.23. The molecule has 0 N–H and O–H groups in total. The molecule has 0 bridgehead atoms. The first-order chi connectivity index (χ1) is 12.1. The number of anilines is 1. The Morgan fingerprint density at radius 3 is 2.72 bits per heavy atom. The molecule has 3 aromatic rings. The lowest BCUT2D eigenvalue weighted by Gasteiger charge is -2.34. The summed E-state index contributed by atoms with van der Waals surface area (Å²) in [7, 11) is 0. The molecule has 25 heavy (non-hydrogen) atoms. The van der Waals surface area contributed by atoms with Crippen LogP contribution >= 0.6 is 11.3 Å². The molecule has 0 saturated carbocycles. The molecular weight excluding hydrogens is 336 g/mol. The number of aryl methyl sites for hydroxylation is 2. The summed E-state index contributed by atoms with van der Waals surface area (Å²) in [4.78, 5) is 25.2. The third-order valence-electron chi connectivity index (χ3n) is 4.49. The SMILES string of the molecule is Cc1cc(C)c2nc(N3CCN(C(=O)Cn4cncn4)CC3)sc2c1. The first-order valence-electron chi connectivity index (χ1n) is 8.33. The van der Waals surface area contributed by atoms with Gasteiger partial charge in [-0.25, -0.2) is 14.6 Å². The Labute approximate surface area is 149 Å². The summed E-state index contributed by atoms with van der Waals surface area (Å²) >= 11 is 1.73. The number of amides is 1. The molecule has 8 heteroatoms. The quantitative estimate of drug-likeness (QED) is 0.716. The van der Waals surface area contributed by atoms with Gasteiger partial charge in [-0.05, 0) is 31.0 Å². The Morgan fingerprint density at radius 1 is 1.20 bits per heavy atom. The number of hydrogen-bond donors (Lipinski definition) is 0. The van der Waals surface area contributed by atoms with Crippen molar-refractivity contribution in [3.05, 3.63) is 35.9 Å². The normalized spacial score (nSPS) is 15.1. The van der Waals surface area contributed by atoms with E-state index in [4.69, 9.17) is 4.98 Å². The van der Waals surface area contributed by atoms with Gasteiger partial charge in [-0.3, -0.25) is 4.79 Å². The minimum atomic E-state index is 0.0842. The summed E-state index contributed by atoms with van der Waals surface area (Å²) in [5.41, 5.74) is 3.58. The van der Waals surface area contributed by atoms with Crippen molar-refractivity contribution in [2.45, 2.75) is 20.4 Å². The van der Waals surface area contributed by atoms with Crippen LogP contribution in [0.5, 0.6) is 0 Å². The van der Waals surface area contributed by atoms with Crippen molar-refractivity contribution in [3.63, 3.8) is 0 Å². The predicted octanol–water partition coefficient (Wildman–Crippen LogP) is 1.85. The molecule has 1 amide bonds. The van der Waals surface area contributed by atoms with E-state index in [2.05, 4.69) is 41.0 Å². The zero-order chi connectivity index (χ0) is 17.4. The van der Waals surface area contributed by atoms with Crippen LogP contribution in [-0.2, 0) is 11.3 Å². The van der Waals surface area contributed by atoms with Gasteiger partial charge in [0.25, 0.3) is 0 Å². The Morgan fingerprint density at radius 2 is 2.00 bits per heavy atom. The number of hydrogen-bond acceptors (Lipinski definition) is 6. The molecular formula is C17H20N6OS. The third kappa shape index (κ3) is 3.21. The van der Waals surface area contributed by atoms with Gasteiger partial charge < -0.3 is 9.80 Å². The molecule has 1 fully saturated rings. The number of thiazole rings is 1. The van der Waals surface area contributed by atoms with Crippen molar-refractivity contribution in [2.24, 2.45) is 0 Å². The number of rotatable bonds is 3. The number of fused-ring (bicyclic) bond motifs is 1. The van der Waals surface area contributed by atoms with Gasteiger partial charge in [0.1, 0.15) is 19.2 Å². The highest BCUT2D eigenvalue weighted by Crippen LogP contribution is 2.32. The maximum atomic E-state index is 12.3. The Bertz CT molecular complexity index is 895. The van der Waals surface area contributed by atoms with Crippen LogP contribution in [-0.4, -0.2) is 56.7 Å². The third-order valence-corrected chi connectivity index (χ3v) is 5.55. The van der Waals surface area contributed by atoms with Gasteiger partial charge in [0, 0.05) is 26.2 Å². The van der Waals surface area contributed by atoms with Crippen molar-refractivity contribution in [1.82, 2.24) is 24.6 Å². The average molecular weight is 356 g/mol. The highest BCUT2D eigenvalue weighted by atomic mass is 32.1. The standard InChI is InChI=1S/C17H20N6OS/c1-12-7-13(2)16-14(8-12)25-17(20-16)22-5-3-21(4-6-22)15(24)9-23-11-18-10-19-23/h7-8,10-11H,3-6,9H2,1-2H3. The van der Waals surface area contributed by atoms with Crippen LogP contribution in [0.15, 0.2) is 24.8 Å². The second-order valence-electron chi connectivity index (χ2n) is 6.39. The topological polar surface area (TPSA) is 67.2 Å². The zero-order valence-corrected chi connectivity index (χ0v) is 15.2. The van der Waals surface area contributed by atoms with Gasteiger partial charge in [0.15, 0.2) is 5.13 Å². The summed E-state index contributed by atoms with van der Waals surface area (Å²) in [5.74, 6) is 0.0842. The van der Waals surface area contributed by atoms with Crippen LogP contribution in [0.2, 0.25) is 0 Å². The summed E-state index contributed by atoms with van der Waals surface area (Å²) in [6, 6.07) is 4.37. The van der Waals surface area contributed by atoms with Gasteiger partial charge in [0.05, 0.1) is 10.2 Å². The second-order valence-corrected chi connectivity index (χ2v) is 7.39. The van der Waals surface area contributed by atoms with Gasteiger partial charge in [-0.1, -0.05) is 17.4 Å². The van der Waals surface area contributed by atoms with Gasteiger partial charge in [0.2, 0.25) is 5.91 Å². The summed E-state index contributed by atoms with van der Waals surface area (Å²) in [5, 5.41) is 5.04. The van der Waals surface area contributed by atoms with Crippen LogP contribution in [0.3, 0.4) is 0 Å². The maximum Gasteiger partial charge on any atom is 0.244 e. The minimum absolute atomic E-state index is 0.0842. The molecule has 2 aromatic heterocycles. The fraction of sp³-hybridized carbons (Fsp3) is 0.412. The van der Waals surface area contributed by atoms with Crippen LogP contribution in [0.4, 0.5) is 5.13 Å². The molecule has 0 unspecified atom stereocenters. The first-order valence-corrected chi connectivity index (χ1v) is 9.15. The fourth-order valence-electron chi connectivity index (χ4n) is 3.19. The number of carbonyl (C=O) groups is 1. The molecule has 4 rings (SSSR count). The van der Waals surface area contributed by atoms with Crippen molar-refractivity contribution < 1.29 is 4.79 Å². The zero-order valence-electron chi connectivity index (χ0n) is 14.3. The molecule has 7 nitrogen and oxygen atoms in total. The Hall–Kier alpha value is -2.48. The van der Waals surface area contributed by atoms with Gasteiger partial charge >= 0.3 is 0 Å². The molecule has 1 aliphatic heterocycles. The van der Waals surface area contributed by atoms with Gasteiger partial charge in [-0.2, -0.15) is 5.10 Å². The number of carbonyl (C=O) groups excluding carboxylic acids is 1. The van der Waals surface area contributed by atoms with Crippen LogP contribution in [0.1, 0.15) is 11.1 Å². The lowest BCUT2D eigenvalue weighted by molar-refractivity contribution is -0.132. The van der Waals surface area contributed by atoms with Crippen LogP contribution < -0.4 is 4.90 Å². The van der Waals surface area contributed by atoms with E-state index < -0.39 is 0 Å². The molecule has 3 heterocycles. The summed E-state index contributed by atoms with van der Waals surface area (Å²) < 4.78 is 2.80. The second kappa shape index (κ2) is 6.44. The van der Waals surface area contributed by atoms with Crippen molar-refractivity contribution >= 4 is 32.6 Å². The van der Waals surface area contributed by atoms with E-state index in [0.717, 1.165) is 23.7 Å².